The Morgan fingerprint density at radius 3 is 2.24 bits per heavy atom. The van der Waals surface area contributed by atoms with E-state index in [1.165, 1.54) is 29.6 Å². The Morgan fingerprint density at radius 2 is 1.74 bits per heavy atom. The van der Waals surface area contributed by atoms with Crippen LogP contribution in [-0.2, 0) is 25.6 Å². The van der Waals surface area contributed by atoms with E-state index in [2.05, 4.69) is 0 Å². The first kappa shape index (κ1) is 26.9. The number of hydrogen-bond donors (Lipinski definition) is 1. The van der Waals surface area contributed by atoms with Crippen LogP contribution < -0.4 is 4.90 Å². The highest BCUT2D eigenvalue weighted by Gasteiger charge is 2.51. The third kappa shape index (κ3) is 5.41. The molecule has 1 aromatic heterocycles. The van der Waals surface area contributed by atoms with Crippen molar-refractivity contribution in [2.24, 2.45) is 0 Å². The second kappa shape index (κ2) is 9.39. The molecule has 1 aliphatic heterocycles. The second-order valence-electron chi connectivity index (χ2n) is 8.30. The molecule has 1 N–H and O–H groups in total. The van der Waals surface area contributed by atoms with E-state index >= 15 is 0 Å². The summed E-state index contributed by atoms with van der Waals surface area (Å²) in [6, 6.07) is 7.66. The molecule has 0 radical (unpaired) electrons. The van der Waals surface area contributed by atoms with Gasteiger partial charge in [-0.05, 0) is 36.1 Å². The molecule has 0 saturated carbocycles. The molecule has 14 heteroatoms. The van der Waals surface area contributed by atoms with Crippen LogP contribution in [0.4, 0.5) is 18.9 Å². The number of thiophene rings is 1. The zero-order valence-corrected chi connectivity index (χ0v) is 21.2. The summed E-state index contributed by atoms with van der Waals surface area (Å²) in [5, 5.41) is 11.6. The second-order valence-corrected chi connectivity index (χ2v) is 13.5. The van der Waals surface area contributed by atoms with Crippen molar-refractivity contribution >= 4 is 37.1 Å². The van der Waals surface area contributed by atoms with E-state index in [0.29, 0.717) is 12.6 Å². The molecule has 8 nitrogen and oxygen atoms in total. The number of piperazine rings is 1. The van der Waals surface area contributed by atoms with Gasteiger partial charge in [0.25, 0.3) is 10.0 Å². The number of hydrogen-bond acceptors (Lipinski definition) is 7. The maximum Gasteiger partial charge on any atom is 0.421 e. The van der Waals surface area contributed by atoms with Gasteiger partial charge in [-0.3, -0.25) is 0 Å². The summed E-state index contributed by atoms with van der Waals surface area (Å²) in [4.78, 5) is 1.77. The summed E-state index contributed by atoms with van der Waals surface area (Å²) in [7, 11) is -5.96. The monoisotopic (exact) mass is 541 g/mol. The molecule has 1 aliphatic rings. The minimum Gasteiger partial charge on any atom is -0.376 e. The van der Waals surface area contributed by atoms with Crippen molar-refractivity contribution in [2.45, 2.75) is 29.0 Å². The zero-order chi connectivity index (χ0) is 25.5. The topological polar surface area (TPSA) is 98.2 Å². The Morgan fingerprint density at radius 1 is 1.12 bits per heavy atom. The lowest BCUT2D eigenvalue weighted by atomic mass is 9.95. The first-order valence-electron chi connectivity index (χ1n) is 10.2. The number of aliphatic hydroxyl groups is 1. The van der Waals surface area contributed by atoms with Crippen molar-refractivity contribution in [2.75, 3.05) is 44.4 Å². The molecule has 2 aromatic rings. The lowest BCUT2D eigenvalue weighted by Crippen LogP contribution is -2.58. The summed E-state index contributed by atoms with van der Waals surface area (Å²) in [6.45, 7) is 0.933. The van der Waals surface area contributed by atoms with Gasteiger partial charge in [-0.2, -0.15) is 17.5 Å². The lowest BCUT2D eigenvalue weighted by Gasteiger charge is -2.43. The Kier molecular flexibility index (Phi) is 7.43. The molecular formula is C20H26F3N3O5S3. The van der Waals surface area contributed by atoms with Gasteiger partial charge in [0.1, 0.15) is 4.21 Å². The van der Waals surface area contributed by atoms with Gasteiger partial charge in [-0.15, -0.1) is 11.3 Å². The van der Waals surface area contributed by atoms with Crippen LogP contribution in [-0.4, -0.2) is 82.3 Å². The Hall–Kier alpha value is -1.71. The summed E-state index contributed by atoms with van der Waals surface area (Å²) < 4.78 is 92.2. The van der Waals surface area contributed by atoms with Gasteiger partial charge < -0.3 is 10.0 Å². The van der Waals surface area contributed by atoms with Gasteiger partial charge in [0, 0.05) is 38.9 Å². The van der Waals surface area contributed by atoms with Gasteiger partial charge in [0.2, 0.25) is 10.0 Å². The fourth-order valence-electron chi connectivity index (χ4n) is 3.65. The number of sulfonamides is 2. The van der Waals surface area contributed by atoms with Crippen molar-refractivity contribution in [3.63, 3.8) is 0 Å². The maximum absolute atomic E-state index is 13.2. The van der Waals surface area contributed by atoms with Crippen LogP contribution in [0.25, 0.3) is 0 Å². The minimum atomic E-state index is -4.86. The predicted molar refractivity (Wildman–Crippen MR) is 124 cm³/mol. The SMILES string of the molecule is CN(CC1CN(S(=O)(=O)c2cccs2)CCN1c1ccc(C(C)(O)C(F)(F)F)cc1)S(C)(=O)=O. The maximum atomic E-state index is 13.2. The van der Waals surface area contributed by atoms with E-state index in [1.54, 1.807) is 16.3 Å². The lowest BCUT2D eigenvalue weighted by molar-refractivity contribution is -0.258. The van der Waals surface area contributed by atoms with Crippen molar-refractivity contribution < 1.29 is 35.1 Å². The largest absolute Gasteiger partial charge is 0.421 e. The standard InChI is InChI=1S/C20H26F3N3O5S3/c1-19(27,20(21,22)23)15-6-8-16(9-7-15)26-11-10-25(34(30,31)18-5-4-12-32-18)14-17(26)13-24(2)33(3,28)29/h4-9,12,17,27H,10-11,13-14H2,1-3H3. The van der Waals surface area contributed by atoms with Gasteiger partial charge in [-0.25, -0.2) is 21.1 Å². The molecule has 190 valence electrons. The molecule has 2 atom stereocenters. The summed E-state index contributed by atoms with van der Waals surface area (Å²) in [6.07, 6.45) is -3.83. The zero-order valence-electron chi connectivity index (χ0n) is 18.7. The number of alkyl halides is 3. The third-order valence-corrected chi connectivity index (χ3v) is 10.4. The first-order chi connectivity index (χ1) is 15.5. The molecule has 3 rings (SSSR count). The van der Waals surface area contributed by atoms with Crippen LogP contribution in [0.15, 0.2) is 46.0 Å². The molecule has 0 aliphatic carbocycles. The third-order valence-electron chi connectivity index (χ3n) is 5.88. The molecule has 1 fully saturated rings. The molecule has 2 unspecified atom stereocenters. The number of rotatable bonds is 7. The molecule has 0 bridgehead atoms. The first-order valence-corrected chi connectivity index (χ1v) is 14.3. The van der Waals surface area contributed by atoms with Crippen molar-refractivity contribution in [3.8, 4) is 0 Å². The van der Waals surface area contributed by atoms with Crippen LogP contribution in [0.2, 0.25) is 0 Å². The van der Waals surface area contributed by atoms with E-state index in [9.17, 15) is 35.1 Å². The average Bonchev–Trinajstić information content (AvgIpc) is 3.28. The van der Waals surface area contributed by atoms with Crippen LogP contribution in [0.1, 0.15) is 12.5 Å². The molecule has 34 heavy (non-hydrogen) atoms. The van der Waals surface area contributed by atoms with E-state index in [0.717, 1.165) is 34.0 Å². The van der Waals surface area contributed by atoms with Crippen molar-refractivity contribution in [1.29, 1.82) is 0 Å². The number of likely N-dealkylation sites (N-methyl/N-ethyl adjacent to an activating group) is 1. The number of anilines is 1. The fraction of sp³-hybridized carbons (Fsp3) is 0.500. The van der Waals surface area contributed by atoms with E-state index < -0.39 is 37.9 Å². The van der Waals surface area contributed by atoms with Crippen molar-refractivity contribution in [3.05, 3.63) is 47.3 Å². The van der Waals surface area contributed by atoms with E-state index in [1.807, 2.05) is 0 Å². The van der Waals surface area contributed by atoms with Crippen LogP contribution in [0.5, 0.6) is 0 Å². The molecular weight excluding hydrogens is 515 g/mol. The normalized spacial score (nSPS) is 20.5. The van der Waals surface area contributed by atoms with Crippen LogP contribution in [0.3, 0.4) is 0 Å². The Labute approximate surface area is 201 Å². The van der Waals surface area contributed by atoms with E-state index in [4.69, 9.17) is 0 Å². The summed E-state index contributed by atoms with van der Waals surface area (Å²) in [5.74, 6) is 0. The number of halogens is 3. The minimum absolute atomic E-state index is 0.0118. The van der Waals surface area contributed by atoms with Crippen LogP contribution in [0, 0.1) is 0 Å². The highest BCUT2D eigenvalue weighted by Crippen LogP contribution is 2.39. The Balaban J connectivity index is 1.91. The Bertz CT molecular complexity index is 1200. The van der Waals surface area contributed by atoms with Gasteiger partial charge in [0.05, 0.1) is 12.3 Å². The molecule has 1 aromatic carbocycles. The highest BCUT2D eigenvalue weighted by molar-refractivity contribution is 7.91. The van der Waals surface area contributed by atoms with Crippen LogP contribution >= 0.6 is 11.3 Å². The smallest absolute Gasteiger partial charge is 0.376 e. The van der Waals surface area contributed by atoms with Gasteiger partial charge in [-0.1, -0.05) is 18.2 Å². The average molecular weight is 542 g/mol. The number of nitrogens with zero attached hydrogens (tertiary/aromatic N) is 3. The summed E-state index contributed by atoms with van der Waals surface area (Å²) in [5.41, 5.74) is -2.89. The molecule has 0 spiro atoms. The van der Waals surface area contributed by atoms with Crippen molar-refractivity contribution in [1.82, 2.24) is 8.61 Å². The fourth-order valence-corrected chi connectivity index (χ4v) is 6.71. The molecule has 0 amide bonds. The summed E-state index contributed by atoms with van der Waals surface area (Å²) >= 11 is 1.08. The van der Waals surface area contributed by atoms with E-state index in [-0.39, 0.29) is 36.0 Å². The molecule has 1 saturated heterocycles. The predicted octanol–water partition coefficient (Wildman–Crippen LogP) is 2.29. The molecule has 2 heterocycles. The van der Waals surface area contributed by atoms with Gasteiger partial charge >= 0.3 is 6.18 Å². The van der Waals surface area contributed by atoms with Gasteiger partial charge in [0.15, 0.2) is 5.60 Å². The highest BCUT2D eigenvalue weighted by atomic mass is 32.2. The quantitative estimate of drug-likeness (QED) is 0.578. The number of benzene rings is 1.